The molecule has 0 bridgehead atoms. The van der Waals surface area contributed by atoms with E-state index in [0.29, 0.717) is 39.4 Å². The molecule has 1 aliphatic rings. The maximum atomic E-state index is 13.2. The number of methoxy groups -OCH3 is 1. The summed E-state index contributed by atoms with van der Waals surface area (Å²) in [6.07, 6.45) is -9.92. The Bertz CT molecular complexity index is 1370. The second-order valence-corrected chi connectivity index (χ2v) is 7.53. The highest BCUT2D eigenvalue weighted by Crippen LogP contribution is 2.37. The first-order valence-corrected chi connectivity index (χ1v) is 10.1. The quantitative estimate of drug-likeness (QED) is 0.374. The van der Waals surface area contributed by atoms with E-state index >= 15 is 0 Å². The Balaban J connectivity index is 0.00000361. The van der Waals surface area contributed by atoms with Crippen molar-refractivity contribution in [2.45, 2.75) is 12.4 Å². The number of esters is 1. The van der Waals surface area contributed by atoms with E-state index in [-0.39, 0.29) is 13.3 Å². The molecule has 3 N–H and O–H groups in total. The van der Waals surface area contributed by atoms with Gasteiger partial charge in [0.05, 0.1) is 29.5 Å². The molecule has 0 fully saturated rings. The summed E-state index contributed by atoms with van der Waals surface area (Å²) in [6, 6.07) is 14.6. The molecule has 11 heteroatoms. The van der Waals surface area contributed by atoms with Crippen molar-refractivity contribution in [3.63, 3.8) is 0 Å². The maximum Gasteiger partial charge on any atom is 0.416 e. The molecule has 3 aromatic rings. The van der Waals surface area contributed by atoms with E-state index in [1.54, 1.807) is 48.5 Å². The summed E-state index contributed by atoms with van der Waals surface area (Å²) in [4.78, 5) is 11.7. The summed E-state index contributed by atoms with van der Waals surface area (Å²) in [5, 5.41) is 3.77. The van der Waals surface area contributed by atoms with Crippen LogP contribution in [0.15, 0.2) is 66.7 Å². The highest BCUT2D eigenvalue weighted by molar-refractivity contribution is 5.89. The van der Waals surface area contributed by atoms with E-state index in [1.807, 2.05) is 0 Å². The molecule has 0 radical (unpaired) electrons. The van der Waals surface area contributed by atoms with Gasteiger partial charge in [0, 0.05) is 23.1 Å². The smallest absolute Gasteiger partial charge is 0.416 e. The van der Waals surface area contributed by atoms with Gasteiger partial charge in [0.1, 0.15) is 5.82 Å². The Morgan fingerprint density at radius 3 is 1.94 bits per heavy atom. The minimum absolute atomic E-state index is 0. The van der Waals surface area contributed by atoms with Gasteiger partial charge in [-0.2, -0.15) is 26.3 Å². The first kappa shape index (κ1) is 24.0. The minimum Gasteiger partial charge on any atom is -0.465 e. The van der Waals surface area contributed by atoms with Crippen molar-refractivity contribution in [3.8, 4) is 0 Å². The van der Waals surface area contributed by atoms with Crippen molar-refractivity contribution in [1.82, 2.24) is 10.9 Å². The number of fused-ring (bicyclic) bond motifs is 1. The molecule has 5 nitrogen and oxygen atoms in total. The largest absolute Gasteiger partial charge is 0.465 e. The Hall–Kier alpha value is -4.15. The van der Waals surface area contributed by atoms with Crippen molar-refractivity contribution in [1.29, 1.82) is 0 Å². The first-order chi connectivity index (χ1) is 16.5. The highest BCUT2D eigenvalue weighted by Gasteiger charge is 2.37. The lowest BCUT2D eigenvalue weighted by atomic mass is 10.0. The van der Waals surface area contributed by atoms with Crippen LogP contribution in [-0.2, 0) is 17.1 Å². The molecular weight excluding hydrogens is 476 g/mol. The maximum absolute atomic E-state index is 13.2. The van der Waals surface area contributed by atoms with Crippen LogP contribution >= 0.6 is 0 Å². The van der Waals surface area contributed by atoms with Gasteiger partial charge in [0.25, 0.3) is 0 Å². The number of ether oxygens (including phenoxy) is 1. The average Bonchev–Trinajstić information content (AvgIpc) is 2.82. The molecule has 0 atom stereocenters. The lowest BCUT2D eigenvalue weighted by Crippen LogP contribution is -2.49. The summed E-state index contributed by atoms with van der Waals surface area (Å²) < 4.78 is 84.1. The summed E-state index contributed by atoms with van der Waals surface area (Å²) in [5.41, 5.74) is 4.08. The number of nitrogens with one attached hydrogen (secondary N) is 3. The average molecular weight is 495 g/mol. The number of alkyl halides is 6. The number of halogens is 6. The predicted octanol–water partition coefficient (Wildman–Crippen LogP) is 4.20. The SMILES string of the molecule is COC(=O)c1ccc(C2=c3ccccc3=C(Nc3cc(C(F)(F)F)cc(C(F)(F)F)c3)NN2)cc1.[HH]. The monoisotopic (exact) mass is 495 g/mol. The lowest BCUT2D eigenvalue weighted by Gasteiger charge is -2.23. The van der Waals surface area contributed by atoms with Crippen LogP contribution in [0.2, 0.25) is 0 Å². The van der Waals surface area contributed by atoms with E-state index in [2.05, 4.69) is 20.9 Å². The minimum atomic E-state index is -4.96. The number of carbonyl (C=O) groups is 1. The third kappa shape index (κ3) is 5.03. The van der Waals surface area contributed by atoms with Gasteiger partial charge in [-0.25, -0.2) is 4.79 Å². The summed E-state index contributed by atoms with van der Waals surface area (Å²) in [6.45, 7) is 0. The molecule has 3 aromatic carbocycles. The normalized spacial score (nSPS) is 13.5. The van der Waals surface area contributed by atoms with Crippen LogP contribution in [0.25, 0.3) is 11.5 Å². The summed E-state index contributed by atoms with van der Waals surface area (Å²) >= 11 is 0. The van der Waals surface area contributed by atoms with Gasteiger partial charge < -0.3 is 10.1 Å². The van der Waals surface area contributed by atoms with E-state index in [0.717, 1.165) is 0 Å². The van der Waals surface area contributed by atoms with Gasteiger partial charge in [-0.3, -0.25) is 10.9 Å². The molecule has 0 unspecified atom stereocenters. The molecule has 0 spiro atoms. The van der Waals surface area contributed by atoms with Gasteiger partial charge in [0.15, 0.2) is 0 Å². The molecule has 184 valence electrons. The van der Waals surface area contributed by atoms with Gasteiger partial charge in [-0.05, 0) is 30.3 Å². The number of anilines is 1. The zero-order valence-electron chi connectivity index (χ0n) is 17.9. The zero-order valence-corrected chi connectivity index (χ0v) is 17.9. The molecule has 1 heterocycles. The standard InChI is InChI=1S/C24H17F6N3O2.H2/c1-35-22(34)14-8-6-13(7-9-14)20-18-4-2-3-5-19(18)21(33-32-20)31-17-11-15(23(25,26)27)10-16(12-17)24(28,29)30;/h2-12,31-33H,1H3;1H. The first-order valence-electron chi connectivity index (χ1n) is 10.1. The Kier molecular flexibility index (Phi) is 6.10. The van der Waals surface area contributed by atoms with Crippen molar-refractivity contribution >= 4 is 23.2 Å². The lowest BCUT2D eigenvalue weighted by molar-refractivity contribution is -0.143. The van der Waals surface area contributed by atoms with Crippen LogP contribution in [0.3, 0.4) is 0 Å². The van der Waals surface area contributed by atoms with Gasteiger partial charge in [0.2, 0.25) is 0 Å². The van der Waals surface area contributed by atoms with Crippen molar-refractivity contribution in [2.75, 3.05) is 12.4 Å². The predicted molar refractivity (Wildman–Crippen MR) is 118 cm³/mol. The van der Waals surface area contributed by atoms with Gasteiger partial charge in [-0.1, -0.05) is 36.4 Å². The Labute approximate surface area is 196 Å². The van der Waals surface area contributed by atoms with Crippen LogP contribution in [0.5, 0.6) is 0 Å². The van der Waals surface area contributed by atoms with Crippen LogP contribution in [0, 0.1) is 0 Å². The van der Waals surface area contributed by atoms with Crippen molar-refractivity contribution in [3.05, 3.63) is 99.4 Å². The Morgan fingerprint density at radius 1 is 0.829 bits per heavy atom. The topological polar surface area (TPSA) is 62.4 Å². The van der Waals surface area contributed by atoms with Gasteiger partial charge >= 0.3 is 18.3 Å². The summed E-state index contributed by atoms with van der Waals surface area (Å²) in [7, 11) is 1.26. The number of hydrazine groups is 1. The highest BCUT2D eigenvalue weighted by atomic mass is 19.4. The van der Waals surface area contributed by atoms with Crippen LogP contribution in [-0.4, -0.2) is 13.1 Å². The third-order valence-corrected chi connectivity index (χ3v) is 5.23. The second kappa shape index (κ2) is 8.90. The third-order valence-electron chi connectivity index (χ3n) is 5.23. The molecule has 0 aliphatic carbocycles. The molecule has 4 rings (SSSR count). The van der Waals surface area contributed by atoms with Gasteiger partial charge in [-0.15, -0.1) is 0 Å². The van der Waals surface area contributed by atoms with E-state index < -0.39 is 35.1 Å². The van der Waals surface area contributed by atoms with Crippen LogP contribution in [0.1, 0.15) is 28.5 Å². The molecule has 0 saturated carbocycles. The fourth-order valence-corrected chi connectivity index (χ4v) is 3.57. The second-order valence-electron chi connectivity index (χ2n) is 7.53. The number of hydrogen-bond donors (Lipinski definition) is 3. The fraction of sp³-hybridized carbons (Fsp3) is 0.125. The molecule has 0 aromatic heterocycles. The number of carbonyl (C=O) groups excluding carboxylic acids is 1. The van der Waals surface area contributed by atoms with E-state index in [4.69, 9.17) is 0 Å². The number of benzene rings is 3. The zero-order chi connectivity index (χ0) is 25.4. The van der Waals surface area contributed by atoms with E-state index in [9.17, 15) is 31.1 Å². The molecule has 35 heavy (non-hydrogen) atoms. The van der Waals surface area contributed by atoms with Crippen LogP contribution < -0.4 is 26.6 Å². The molecule has 1 aliphatic heterocycles. The summed E-state index contributed by atoms with van der Waals surface area (Å²) in [5.74, 6) is -0.348. The molecule has 0 amide bonds. The number of rotatable bonds is 4. The number of hydrogen-bond acceptors (Lipinski definition) is 5. The fourth-order valence-electron chi connectivity index (χ4n) is 3.57. The van der Waals surface area contributed by atoms with Crippen molar-refractivity contribution in [2.24, 2.45) is 0 Å². The van der Waals surface area contributed by atoms with Crippen LogP contribution in [0.4, 0.5) is 32.0 Å². The Morgan fingerprint density at radius 2 is 1.40 bits per heavy atom. The molecular formula is C24H19F6N3O2. The molecule has 0 saturated heterocycles. The van der Waals surface area contributed by atoms with E-state index in [1.165, 1.54) is 7.11 Å². The van der Waals surface area contributed by atoms with Crippen molar-refractivity contribution < 1.29 is 37.3 Å².